The van der Waals surface area contributed by atoms with E-state index < -0.39 is 0 Å². The van der Waals surface area contributed by atoms with Crippen molar-refractivity contribution < 1.29 is 4.79 Å². The molecule has 1 rings (SSSR count). The first kappa shape index (κ1) is 14.7. The first-order chi connectivity index (χ1) is 8.61. The van der Waals surface area contributed by atoms with E-state index in [1.54, 1.807) is 0 Å². The van der Waals surface area contributed by atoms with Gasteiger partial charge in [-0.3, -0.25) is 4.79 Å². The monoisotopic (exact) mass is 264 g/mol. The fourth-order valence-electron chi connectivity index (χ4n) is 1.69. The first-order valence-corrected chi connectivity index (χ1v) is 7.07. The van der Waals surface area contributed by atoms with Crippen LogP contribution in [0.15, 0.2) is 11.4 Å². The van der Waals surface area contributed by atoms with E-state index in [9.17, 15) is 4.79 Å². The molecule has 0 radical (unpaired) electrons. The Kier molecular flexibility index (Phi) is 5.90. The largest absolute Gasteiger partial charge is 0.335 e. The molecule has 3 nitrogen and oxygen atoms in total. The highest BCUT2D eigenvalue weighted by molar-refractivity contribution is 7.12. The zero-order valence-electron chi connectivity index (χ0n) is 11.2. The predicted molar refractivity (Wildman–Crippen MR) is 76.7 cm³/mol. The molecule has 18 heavy (non-hydrogen) atoms. The van der Waals surface area contributed by atoms with Gasteiger partial charge in [-0.1, -0.05) is 18.8 Å². The molecule has 2 N–H and O–H groups in total. The predicted octanol–water partition coefficient (Wildman–Crippen LogP) is 2.32. The number of thiophene rings is 1. The van der Waals surface area contributed by atoms with Crippen LogP contribution in [0.5, 0.6) is 0 Å². The molecule has 0 aliphatic carbocycles. The van der Waals surface area contributed by atoms with Gasteiger partial charge in [-0.2, -0.15) is 0 Å². The van der Waals surface area contributed by atoms with Crippen LogP contribution in [0.25, 0.3) is 0 Å². The number of nitrogens with two attached hydrogens (primary N) is 1. The maximum Gasteiger partial charge on any atom is 0.265 e. The number of amides is 1. The molecule has 0 aliphatic rings. The zero-order valence-corrected chi connectivity index (χ0v) is 12.0. The standard InChI is InChI=1S/C14H20N2OS/c1-4-9-16(11(2)3)14(17)13-12(6-5-8-15)7-10-18-13/h7,10-11H,4,8-9,15H2,1-3H3. The Morgan fingerprint density at radius 3 is 2.83 bits per heavy atom. The van der Waals surface area contributed by atoms with Gasteiger partial charge in [0.15, 0.2) is 0 Å². The van der Waals surface area contributed by atoms with Crippen LogP contribution in [0, 0.1) is 11.8 Å². The highest BCUT2D eigenvalue weighted by atomic mass is 32.1. The quantitative estimate of drug-likeness (QED) is 0.848. The molecule has 0 saturated heterocycles. The number of nitrogens with zero attached hydrogens (tertiary/aromatic N) is 1. The highest BCUT2D eigenvalue weighted by Crippen LogP contribution is 2.19. The summed E-state index contributed by atoms with van der Waals surface area (Å²) in [6.45, 7) is 7.23. The third-order valence-corrected chi connectivity index (χ3v) is 3.44. The lowest BCUT2D eigenvalue weighted by molar-refractivity contribution is 0.0710. The van der Waals surface area contributed by atoms with Gasteiger partial charge < -0.3 is 10.6 Å². The van der Waals surface area contributed by atoms with E-state index in [2.05, 4.69) is 18.8 Å². The summed E-state index contributed by atoms with van der Waals surface area (Å²) in [6, 6.07) is 2.08. The minimum Gasteiger partial charge on any atom is -0.335 e. The van der Waals surface area contributed by atoms with E-state index in [1.807, 2.05) is 30.2 Å². The van der Waals surface area contributed by atoms with Gasteiger partial charge in [-0.05, 0) is 31.7 Å². The molecule has 98 valence electrons. The fourth-order valence-corrected chi connectivity index (χ4v) is 2.49. The lowest BCUT2D eigenvalue weighted by atomic mass is 10.2. The minimum atomic E-state index is 0.0724. The summed E-state index contributed by atoms with van der Waals surface area (Å²) in [5.41, 5.74) is 6.15. The lowest BCUT2D eigenvalue weighted by Gasteiger charge is -2.25. The maximum atomic E-state index is 12.5. The summed E-state index contributed by atoms with van der Waals surface area (Å²) in [7, 11) is 0. The second kappa shape index (κ2) is 7.20. The molecule has 1 aromatic rings. The van der Waals surface area contributed by atoms with Crippen molar-refractivity contribution >= 4 is 17.2 Å². The first-order valence-electron chi connectivity index (χ1n) is 6.19. The van der Waals surface area contributed by atoms with Crippen LogP contribution in [0.3, 0.4) is 0 Å². The normalized spacial score (nSPS) is 10.1. The van der Waals surface area contributed by atoms with Crippen molar-refractivity contribution in [3.05, 3.63) is 21.9 Å². The van der Waals surface area contributed by atoms with E-state index >= 15 is 0 Å². The zero-order chi connectivity index (χ0) is 13.5. The van der Waals surface area contributed by atoms with Crippen molar-refractivity contribution in [2.24, 2.45) is 5.73 Å². The van der Waals surface area contributed by atoms with Gasteiger partial charge in [-0.15, -0.1) is 11.3 Å². The Labute approximate surface area is 113 Å². The summed E-state index contributed by atoms with van der Waals surface area (Å²) >= 11 is 1.45. The molecule has 0 unspecified atom stereocenters. The van der Waals surface area contributed by atoms with Crippen molar-refractivity contribution in [2.75, 3.05) is 13.1 Å². The number of rotatable bonds is 4. The van der Waals surface area contributed by atoms with E-state index in [-0.39, 0.29) is 11.9 Å². The van der Waals surface area contributed by atoms with Gasteiger partial charge in [0.1, 0.15) is 4.88 Å². The van der Waals surface area contributed by atoms with Crippen LogP contribution in [0.2, 0.25) is 0 Å². The summed E-state index contributed by atoms with van der Waals surface area (Å²) in [5.74, 6) is 5.83. The third-order valence-electron chi connectivity index (χ3n) is 2.53. The summed E-state index contributed by atoms with van der Waals surface area (Å²) in [4.78, 5) is 15.1. The molecule has 1 aromatic heterocycles. The number of carbonyl (C=O) groups is 1. The number of hydrogen-bond acceptors (Lipinski definition) is 3. The molecule has 0 saturated carbocycles. The topological polar surface area (TPSA) is 46.3 Å². The molecule has 4 heteroatoms. The van der Waals surface area contributed by atoms with Gasteiger partial charge in [0.05, 0.1) is 6.54 Å². The van der Waals surface area contributed by atoms with E-state index in [0.717, 1.165) is 23.4 Å². The van der Waals surface area contributed by atoms with Crippen LogP contribution >= 0.6 is 11.3 Å². The summed E-state index contributed by atoms with van der Waals surface area (Å²) in [6.07, 6.45) is 0.957. The highest BCUT2D eigenvalue weighted by Gasteiger charge is 2.21. The molecule has 0 spiro atoms. The van der Waals surface area contributed by atoms with Crippen LogP contribution in [0.1, 0.15) is 42.4 Å². The molecule has 1 heterocycles. The van der Waals surface area contributed by atoms with Gasteiger partial charge in [0, 0.05) is 18.2 Å². The van der Waals surface area contributed by atoms with Crippen LogP contribution < -0.4 is 5.73 Å². The SMILES string of the molecule is CCCN(C(=O)c1sccc1C#CCN)C(C)C. The smallest absolute Gasteiger partial charge is 0.265 e. The number of hydrogen-bond donors (Lipinski definition) is 1. The van der Waals surface area contributed by atoms with Crippen molar-refractivity contribution in [1.82, 2.24) is 4.90 Å². The molecule has 0 atom stereocenters. The molecule has 0 bridgehead atoms. The van der Waals surface area contributed by atoms with E-state index in [1.165, 1.54) is 11.3 Å². The van der Waals surface area contributed by atoms with Crippen molar-refractivity contribution in [2.45, 2.75) is 33.2 Å². The molecule has 0 fully saturated rings. The molecule has 0 aliphatic heterocycles. The Bertz CT molecular complexity index is 454. The van der Waals surface area contributed by atoms with E-state index in [0.29, 0.717) is 6.54 Å². The second-order valence-corrected chi connectivity index (χ2v) is 5.18. The van der Waals surface area contributed by atoms with Gasteiger partial charge in [-0.25, -0.2) is 0 Å². The molecular weight excluding hydrogens is 244 g/mol. The maximum absolute atomic E-state index is 12.5. The summed E-state index contributed by atoms with van der Waals surface area (Å²) < 4.78 is 0. The Balaban J connectivity index is 2.98. The summed E-state index contributed by atoms with van der Waals surface area (Å²) in [5, 5.41) is 1.90. The minimum absolute atomic E-state index is 0.0724. The van der Waals surface area contributed by atoms with Crippen LogP contribution in [-0.2, 0) is 0 Å². The molecular formula is C14H20N2OS. The van der Waals surface area contributed by atoms with Crippen molar-refractivity contribution in [3.8, 4) is 11.8 Å². The Morgan fingerprint density at radius 2 is 2.28 bits per heavy atom. The molecule has 0 aromatic carbocycles. The van der Waals surface area contributed by atoms with Crippen molar-refractivity contribution in [1.29, 1.82) is 0 Å². The average Bonchev–Trinajstić information content (AvgIpc) is 2.80. The second-order valence-electron chi connectivity index (χ2n) is 4.26. The number of carbonyl (C=O) groups excluding carboxylic acids is 1. The Hall–Kier alpha value is -1.31. The Morgan fingerprint density at radius 1 is 1.56 bits per heavy atom. The van der Waals surface area contributed by atoms with Crippen LogP contribution in [0.4, 0.5) is 0 Å². The van der Waals surface area contributed by atoms with Gasteiger partial charge in [0.2, 0.25) is 0 Å². The average molecular weight is 264 g/mol. The molecule has 1 amide bonds. The fraction of sp³-hybridized carbons (Fsp3) is 0.500. The lowest BCUT2D eigenvalue weighted by Crippen LogP contribution is -2.37. The van der Waals surface area contributed by atoms with E-state index in [4.69, 9.17) is 5.73 Å². The van der Waals surface area contributed by atoms with Gasteiger partial charge in [0.25, 0.3) is 5.91 Å². The van der Waals surface area contributed by atoms with Crippen molar-refractivity contribution in [3.63, 3.8) is 0 Å². The van der Waals surface area contributed by atoms with Gasteiger partial charge >= 0.3 is 0 Å². The van der Waals surface area contributed by atoms with Crippen LogP contribution in [-0.4, -0.2) is 29.9 Å². The third kappa shape index (κ3) is 3.59.